The topological polar surface area (TPSA) is 160 Å². The maximum atomic E-state index is 12.2. The molecule has 0 saturated heterocycles. The number of carbonyl (C=O) groups is 3. The third-order valence-corrected chi connectivity index (χ3v) is 3.10. The molecule has 0 bridgehead atoms. The molecule has 1 atom stereocenters. The van der Waals surface area contributed by atoms with E-state index in [1.165, 1.54) is 0 Å². The first kappa shape index (κ1) is 21.7. The number of guanidine groups is 1. The summed E-state index contributed by atoms with van der Waals surface area (Å²) in [6.07, 6.45) is 1.53. The Labute approximate surface area is 142 Å². The summed E-state index contributed by atoms with van der Waals surface area (Å²) < 4.78 is 0. The number of nitrogens with two attached hydrogens (primary N) is 2. The van der Waals surface area contributed by atoms with Crippen LogP contribution in [0.25, 0.3) is 0 Å². The fourth-order valence-corrected chi connectivity index (χ4v) is 1.97. The van der Waals surface area contributed by atoms with Crippen LogP contribution in [0.3, 0.4) is 0 Å². The summed E-state index contributed by atoms with van der Waals surface area (Å²) in [6, 6.07) is -0.663. The number of hydrogen-bond acceptors (Lipinski definition) is 4. The molecule has 0 unspecified atom stereocenters. The van der Waals surface area contributed by atoms with Crippen molar-refractivity contribution in [3.63, 3.8) is 0 Å². The van der Waals surface area contributed by atoms with E-state index in [0.29, 0.717) is 25.9 Å². The first-order chi connectivity index (χ1) is 11.2. The summed E-state index contributed by atoms with van der Waals surface area (Å²) in [4.78, 5) is 38.2. The van der Waals surface area contributed by atoms with Crippen molar-refractivity contribution in [1.29, 1.82) is 0 Å². The number of unbranched alkanes of at least 4 members (excludes halogenated alkanes) is 1. The van der Waals surface area contributed by atoms with Crippen molar-refractivity contribution < 1.29 is 19.5 Å². The Balaban J connectivity index is 4.27. The van der Waals surface area contributed by atoms with Gasteiger partial charge in [-0.1, -0.05) is 13.8 Å². The maximum Gasteiger partial charge on any atom is 0.303 e. The van der Waals surface area contributed by atoms with Gasteiger partial charge >= 0.3 is 5.97 Å². The van der Waals surface area contributed by atoms with Crippen LogP contribution in [0.15, 0.2) is 4.99 Å². The number of carboxylic acids is 1. The smallest absolute Gasteiger partial charge is 0.303 e. The highest BCUT2D eigenvalue weighted by molar-refractivity contribution is 5.88. The quantitative estimate of drug-likeness (QED) is 0.183. The molecule has 2 amide bonds. The van der Waals surface area contributed by atoms with Crippen molar-refractivity contribution in [2.24, 2.45) is 22.4 Å². The van der Waals surface area contributed by atoms with E-state index < -0.39 is 17.9 Å². The number of hydrogen-bond donors (Lipinski definition) is 5. The fraction of sp³-hybridized carbons (Fsp3) is 0.733. The molecule has 138 valence electrons. The number of rotatable bonds is 12. The normalized spacial score (nSPS) is 11.6. The van der Waals surface area contributed by atoms with Crippen LogP contribution < -0.4 is 22.1 Å². The van der Waals surface area contributed by atoms with Crippen molar-refractivity contribution in [3.05, 3.63) is 0 Å². The van der Waals surface area contributed by atoms with E-state index in [-0.39, 0.29) is 30.6 Å². The minimum absolute atomic E-state index is 0.0418. The number of amides is 2. The monoisotopic (exact) mass is 343 g/mol. The van der Waals surface area contributed by atoms with E-state index in [0.717, 1.165) is 6.42 Å². The van der Waals surface area contributed by atoms with Crippen LogP contribution in [0.2, 0.25) is 0 Å². The largest absolute Gasteiger partial charge is 0.481 e. The van der Waals surface area contributed by atoms with Crippen LogP contribution in [0.4, 0.5) is 0 Å². The minimum atomic E-state index is -1.05. The van der Waals surface area contributed by atoms with Gasteiger partial charge in [-0.15, -0.1) is 0 Å². The predicted octanol–water partition coefficient (Wildman–Crippen LogP) is -0.448. The second-order valence-electron chi connectivity index (χ2n) is 5.95. The molecule has 0 fully saturated rings. The van der Waals surface area contributed by atoms with Gasteiger partial charge in [-0.3, -0.25) is 19.4 Å². The van der Waals surface area contributed by atoms with Crippen molar-refractivity contribution in [3.8, 4) is 0 Å². The summed E-state index contributed by atoms with van der Waals surface area (Å²) >= 11 is 0. The lowest BCUT2D eigenvalue weighted by atomic mass is 10.0. The lowest BCUT2D eigenvalue weighted by Crippen LogP contribution is -2.47. The van der Waals surface area contributed by atoms with Gasteiger partial charge in [-0.2, -0.15) is 0 Å². The molecule has 9 heteroatoms. The molecule has 0 aromatic rings. The van der Waals surface area contributed by atoms with Crippen LogP contribution in [-0.4, -0.2) is 48.0 Å². The number of carboxylic acid groups (broad SMARTS) is 1. The molecular formula is C15H29N5O4. The summed E-state index contributed by atoms with van der Waals surface area (Å²) in [6.45, 7) is 4.84. The highest BCUT2D eigenvalue weighted by Crippen LogP contribution is 2.06. The van der Waals surface area contributed by atoms with Crippen molar-refractivity contribution in [2.75, 3.05) is 13.1 Å². The van der Waals surface area contributed by atoms with Gasteiger partial charge in [0.25, 0.3) is 0 Å². The van der Waals surface area contributed by atoms with Gasteiger partial charge in [0.1, 0.15) is 6.04 Å². The Morgan fingerprint density at radius 1 is 1.12 bits per heavy atom. The van der Waals surface area contributed by atoms with E-state index in [2.05, 4.69) is 15.6 Å². The molecule has 7 N–H and O–H groups in total. The van der Waals surface area contributed by atoms with Gasteiger partial charge in [0, 0.05) is 19.5 Å². The Kier molecular flexibility index (Phi) is 11.0. The van der Waals surface area contributed by atoms with Crippen molar-refractivity contribution in [1.82, 2.24) is 10.6 Å². The molecule has 0 aliphatic carbocycles. The summed E-state index contributed by atoms with van der Waals surface area (Å²) in [5.74, 6) is -1.50. The number of nitrogens with zero attached hydrogens (tertiary/aromatic N) is 1. The van der Waals surface area contributed by atoms with Crippen LogP contribution >= 0.6 is 0 Å². The van der Waals surface area contributed by atoms with Gasteiger partial charge in [-0.25, -0.2) is 0 Å². The molecule has 0 spiro atoms. The van der Waals surface area contributed by atoms with Gasteiger partial charge in [-0.05, 0) is 25.2 Å². The second-order valence-corrected chi connectivity index (χ2v) is 5.95. The zero-order valence-electron chi connectivity index (χ0n) is 14.4. The maximum absolute atomic E-state index is 12.2. The lowest BCUT2D eigenvalue weighted by molar-refractivity contribution is -0.139. The van der Waals surface area contributed by atoms with Crippen molar-refractivity contribution >= 4 is 23.7 Å². The Hall–Kier alpha value is -2.32. The van der Waals surface area contributed by atoms with Crippen LogP contribution in [0.5, 0.6) is 0 Å². The third-order valence-electron chi connectivity index (χ3n) is 3.10. The summed E-state index contributed by atoms with van der Waals surface area (Å²) in [5, 5.41) is 14.0. The van der Waals surface area contributed by atoms with E-state index in [9.17, 15) is 14.4 Å². The van der Waals surface area contributed by atoms with Crippen LogP contribution in [-0.2, 0) is 14.4 Å². The molecule has 0 saturated carbocycles. The molecular weight excluding hydrogens is 314 g/mol. The van der Waals surface area contributed by atoms with Crippen molar-refractivity contribution in [2.45, 2.75) is 52.0 Å². The average Bonchev–Trinajstić information content (AvgIpc) is 2.47. The second kappa shape index (κ2) is 12.1. The van der Waals surface area contributed by atoms with Gasteiger partial charge in [0.2, 0.25) is 11.8 Å². The Morgan fingerprint density at radius 2 is 1.79 bits per heavy atom. The zero-order chi connectivity index (χ0) is 18.5. The SMILES string of the molecule is CC(C)C[C@H](NC(=O)CCC(=O)O)C(=O)NCCCCN=C(N)N. The van der Waals surface area contributed by atoms with Gasteiger partial charge < -0.3 is 27.2 Å². The number of carbonyl (C=O) groups excluding carboxylic acids is 2. The predicted molar refractivity (Wildman–Crippen MR) is 91.2 cm³/mol. The summed E-state index contributed by atoms with van der Waals surface area (Å²) in [5.41, 5.74) is 10.4. The van der Waals surface area contributed by atoms with E-state index >= 15 is 0 Å². The molecule has 0 aliphatic rings. The lowest BCUT2D eigenvalue weighted by Gasteiger charge is -2.20. The number of nitrogens with one attached hydrogen (secondary N) is 2. The average molecular weight is 343 g/mol. The Bertz CT molecular complexity index is 447. The highest BCUT2D eigenvalue weighted by Gasteiger charge is 2.21. The Morgan fingerprint density at radius 3 is 2.33 bits per heavy atom. The van der Waals surface area contributed by atoms with Gasteiger partial charge in [0.15, 0.2) is 5.96 Å². The number of aliphatic carboxylic acids is 1. The molecule has 0 aromatic carbocycles. The fourth-order valence-electron chi connectivity index (χ4n) is 1.97. The van der Waals surface area contributed by atoms with Gasteiger partial charge in [0.05, 0.1) is 6.42 Å². The highest BCUT2D eigenvalue weighted by atomic mass is 16.4. The molecule has 9 nitrogen and oxygen atoms in total. The van der Waals surface area contributed by atoms with E-state index in [1.54, 1.807) is 0 Å². The molecule has 0 rings (SSSR count). The first-order valence-corrected chi connectivity index (χ1v) is 8.06. The van der Waals surface area contributed by atoms with E-state index in [1.807, 2.05) is 13.8 Å². The molecule has 24 heavy (non-hydrogen) atoms. The van der Waals surface area contributed by atoms with E-state index in [4.69, 9.17) is 16.6 Å². The third kappa shape index (κ3) is 12.2. The first-order valence-electron chi connectivity index (χ1n) is 8.06. The zero-order valence-corrected chi connectivity index (χ0v) is 14.4. The summed E-state index contributed by atoms with van der Waals surface area (Å²) in [7, 11) is 0. The molecule has 0 radical (unpaired) electrons. The molecule has 0 heterocycles. The standard InChI is InChI=1S/C15H29N5O4/c1-10(2)9-11(20-12(21)5-6-13(22)23)14(24)18-7-3-4-8-19-15(16)17/h10-11H,3-9H2,1-2H3,(H,18,24)(H,20,21)(H,22,23)(H4,16,17,19)/t11-/m0/s1. The molecule has 0 aliphatic heterocycles. The number of aliphatic imine (C=N–C) groups is 1. The minimum Gasteiger partial charge on any atom is -0.481 e. The molecule has 0 aromatic heterocycles. The van der Waals surface area contributed by atoms with Crippen LogP contribution in [0, 0.1) is 5.92 Å². The van der Waals surface area contributed by atoms with Crippen LogP contribution in [0.1, 0.15) is 46.0 Å².